The van der Waals surface area contributed by atoms with Gasteiger partial charge in [-0.3, -0.25) is 4.79 Å². The van der Waals surface area contributed by atoms with Gasteiger partial charge in [0.1, 0.15) is 11.5 Å². The van der Waals surface area contributed by atoms with Crippen molar-refractivity contribution >= 4 is 44.8 Å². The number of H-pyrrole nitrogens is 1. The molecule has 1 aromatic heterocycles. The Hall–Kier alpha value is -1.53. The number of carbonyl (C=O) groups excluding carboxylic acids is 1. The van der Waals surface area contributed by atoms with Gasteiger partial charge in [-0.2, -0.15) is 0 Å². The number of carbonyl (C=O) groups is 1. The van der Waals surface area contributed by atoms with Crippen LogP contribution in [0, 0.1) is 5.82 Å². The Kier molecular flexibility index (Phi) is 3.58. The van der Waals surface area contributed by atoms with Crippen LogP contribution in [-0.4, -0.2) is 10.9 Å². The largest absolute Gasteiger partial charge is 0.397 e. The van der Waals surface area contributed by atoms with Gasteiger partial charge >= 0.3 is 0 Å². The fourth-order valence-electron chi connectivity index (χ4n) is 1.38. The summed E-state index contributed by atoms with van der Waals surface area (Å²) in [5.41, 5.74) is 6.54. The van der Waals surface area contributed by atoms with Gasteiger partial charge < -0.3 is 16.0 Å². The van der Waals surface area contributed by atoms with Crippen molar-refractivity contribution in [3.8, 4) is 0 Å². The monoisotopic (exact) mass is 331 g/mol. The fraction of sp³-hybridized carbons (Fsp3) is 0. The molecular formula is C11H8BrClFN3O. The molecule has 0 spiro atoms. The summed E-state index contributed by atoms with van der Waals surface area (Å²) in [5.74, 6) is -0.907. The number of hydrogen-bond donors (Lipinski definition) is 3. The molecule has 0 radical (unpaired) electrons. The van der Waals surface area contributed by atoms with E-state index in [1.54, 1.807) is 0 Å². The fourth-order valence-corrected chi connectivity index (χ4v) is 2.28. The second kappa shape index (κ2) is 4.99. The van der Waals surface area contributed by atoms with Gasteiger partial charge in [-0.1, -0.05) is 11.6 Å². The van der Waals surface area contributed by atoms with E-state index in [4.69, 9.17) is 17.3 Å². The number of nitrogens with two attached hydrogens (primary N) is 1. The highest BCUT2D eigenvalue weighted by Gasteiger charge is 2.13. The molecule has 0 atom stereocenters. The maximum Gasteiger partial charge on any atom is 0.272 e. The molecule has 4 N–H and O–H groups in total. The van der Waals surface area contributed by atoms with Crippen LogP contribution in [0.1, 0.15) is 10.5 Å². The zero-order valence-corrected chi connectivity index (χ0v) is 11.3. The van der Waals surface area contributed by atoms with Gasteiger partial charge in [0, 0.05) is 16.4 Å². The Labute approximate surface area is 115 Å². The number of hydrogen-bond acceptors (Lipinski definition) is 2. The summed E-state index contributed by atoms with van der Waals surface area (Å²) in [6.45, 7) is 0. The lowest BCUT2D eigenvalue weighted by Gasteiger charge is -2.08. The van der Waals surface area contributed by atoms with Crippen LogP contribution in [0.5, 0.6) is 0 Å². The summed E-state index contributed by atoms with van der Waals surface area (Å²) >= 11 is 8.98. The summed E-state index contributed by atoms with van der Waals surface area (Å²) in [7, 11) is 0. The van der Waals surface area contributed by atoms with Gasteiger partial charge in [0.05, 0.1) is 10.7 Å². The van der Waals surface area contributed by atoms with Crippen LogP contribution in [0.15, 0.2) is 28.9 Å². The third kappa shape index (κ3) is 2.65. The number of benzene rings is 1. The maximum atomic E-state index is 13.0. The second-order valence-electron chi connectivity index (χ2n) is 3.55. The van der Waals surface area contributed by atoms with Crippen LogP contribution in [0.25, 0.3) is 0 Å². The van der Waals surface area contributed by atoms with Gasteiger partial charge in [0.25, 0.3) is 5.91 Å². The minimum Gasteiger partial charge on any atom is -0.397 e. The van der Waals surface area contributed by atoms with Crippen LogP contribution < -0.4 is 11.1 Å². The summed E-state index contributed by atoms with van der Waals surface area (Å²) in [4.78, 5) is 14.6. The number of aromatic nitrogens is 1. The maximum absolute atomic E-state index is 13.0. The standard InChI is InChI=1S/C11H8BrClFN3O/c12-7-1-5(14)2-8(13)10(7)17-11(18)9-3-6(15)4-16-9/h1-4,16H,15H2,(H,17,18). The molecule has 1 aromatic carbocycles. The predicted octanol–water partition coefficient (Wildman–Crippen LogP) is 3.40. The van der Waals surface area contributed by atoms with Crippen molar-refractivity contribution in [1.82, 2.24) is 4.98 Å². The molecular weight excluding hydrogens is 324 g/mol. The van der Waals surface area contributed by atoms with E-state index in [0.29, 0.717) is 21.5 Å². The minimum atomic E-state index is -0.492. The number of anilines is 2. The van der Waals surface area contributed by atoms with E-state index in [-0.39, 0.29) is 5.02 Å². The lowest BCUT2D eigenvalue weighted by Crippen LogP contribution is -2.13. The van der Waals surface area contributed by atoms with Gasteiger partial charge in [-0.05, 0) is 34.1 Å². The zero-order valence-electron chi connectivity index (χ0n) is 8.93. The number of nitrogens with one attached hydrogen (secondary N) is 2. The number of rotatable bonds is 2. The van der Waals surface area contributed by atoms with Crippen molar-refractivity contribution in [1.29, 1.82) is 0 Å². The first-order valence-corrected chi connectivity index (χ1v) is 6.04. The van der Waals surface area contributed by atoms with E-state index < -0.39 is 11.7 Å². The lowest BCUT2D eigenvalue weighted by molar-refractivity contribution is 0.102. The average molecular weight is 333 g/mol. The van der Waals surface area contributed by atoms with Crippen molar-refractivity contribution in [3.05, 3.63) is 45.4 Å². The summed E-state index contributed by atoms with van der Waals surface area (Å²) in [6, 6.07) is 3.82. The molecule has 4 nitrogen and oxygen atoms in total. The first-order valence-electron chi connectivity index (χ1n) is 4.87. The van der Waals surface area contributed by atoms with Crippen molar-refractivity contribution in [2.45, 2.75) is 0 Å². The van der Waals surface area contributed by atoms with Crippen molar-refractivity contribution in [3.63, 3.8) is 0 Å². The summed E-state index contributed by atoms with van der Waals surface area (Å²) in [5, 5.41) is 2.67. The van der Waals surface area contributed by atoms with E-state index >= 15 is 0 Å². The normalized spacial score (nSPS) is 10.4. The Morgan fingerprint density at radius 2 is 2.17 bits per heavy atom. The molecule has 0 unspecified atom stereocenters. The van der Waals surface area contributed by atoms with Gasteiger partial charge in [-0.15, -0.1) is 0 Å². The van der Waals surface area contributed by atoms with Gasteiger partial charge in [-0.25, -0.2) is 4.39 Å². The third-order valence-electron chi connectivity index (χ3n) is 2.20. The molecule has 1 amide bonds. The molecule has 0 saturated heterocycles. The highest BCUT2D eigenvalue weighted by atomic mass is 79.9. The Morgan fingerprint density at radius 1 is 1.44 bits per heavy atom. The Bertz CT molecular complexity index is 591. The first kappa shape index (κ1) is 12.9. The first-order chi connectivity index (χ1) is 8.47. The Morgan fingerprint density at radius 3 is 2.72 bits per heavy atom. The molecule has 0 aliphatic carbocycles. The molecule has 7 heteroatoms. The van der Waals surface area contributed by atoms with E-state index in [9.17, 15) is 9.18 Å². The van der Waals surface area contributed by atoms with Crippen molar-refractivity contribution in [2.24, 2.45) is 0 Å². The molecule has 0 aliphatic heterocycles. The van der Waals surface area contributed by atoms with Crippen LogP contribution in [-0.2, 0) is 0 Å². The summed E-state index contributed by atoms with van der Waals surface area (Å²) in [6.07, 6.45) is 1.50. The van der Waals surface area contributed by atoms with Crippen LogP contribution in [0.3, 0.4) is 0 Å². The van der Waals surface area contributed by atoms with E-state index in [1.165, 1.54) is 18.3 Å². The molecule has 2 aromatic rings. The highest BCUT2D eigenvalue weighted by Crippen LogP contribution is 2.32. The van der Waals surface area contributed by atoms with Gasteiger partial charge in [0.15, 0.2) is 0 Å². The van der Waals surface area contributed by atoms with E-state index in [1.807, 2.05) is 0 Å². The van der Waals surface area contributed by atoms with Crippen molar-refractivity contribution in [2.75, 3.05) is 11.1 Å². The topological polar surface area (TPSA) is 70.9 Å². The van der Waals surface area contributed by atoms with E-state index in [0.717, 1.165) is 6.07 Å². The molecule has 0 fully saturated rings. The third-order valence-corrected chi connectivity index (χ3v) is 3.12. The number of nitrogen functional groups attached to an aromatic ring is 1. The summed E-state index contributed by atoms with van der Waals surface area (Å²) < 4.78 is 13.4. The lowest BCUT2D eigenvalue weighted by atomic mass is 10.3. The van der Waals surface area contributed by atoms with Crippen molar-refractivity contribution < 1.29 is 9.18 Å². The molecule has 94 valence electrons. The zero-order chi connectivity index (χ0) is 13.3. The smallest absolute Gasteiger partial charge is 0.272 e. The number of halogens is 3. The van der Waals surface area contributed by atoms with Gasteiger partial charge in [0.2, 0.25) is 0 Å². The molecule has 2 rings (SSSR count). The van der Waals surface area contributed by atoms with E-state index in [2.05, 4.69) is 26.2 Å². The Balaban J connectivity index is 2.27. The highest BCUT2D eigenvalue weighted by molar-refractivity contribution is 9.10. The number of aromatic amines is 1. The average Bonchev–Trinajstić information content (AvgIpc) is 2.70. The minimum absolute atomic E-state index is 0.106. The SMILES string of the molecule is Nc1c[nH]c(C(=O)Nc2c(Cl)cc(F)cc2Br)c1. The van der Waals surface area contributed by atoms with Crippen LogP contribution >= 0.6 is 27.5 Å². The van der Waals surface area contributed by atoms with Crippen LogP contribution in [0.4, 0.5) is 15.8 Å². The predicted molar refractivity (Wildman–Crippen MR) is 72.3 cm³/mol. The quantitative estimate of drug-likeness (QED) is 0.788. The molecule has 1 heterocycles. The molecule has 0 aliphatic rings. The number of amides is 1. The van der Waals surface area contributed by atoms with Crippen LogP contribution in [0.2, 0.25) is 5.02 Å². The second-order valence-corrected chi connectivity index (χ2v) is 4.81. The molecule has 0 saturated carbocycles. The molecule has 18 heavy (non-hydrogen) atoms. The molecule has 0 bridgehead atoms.